The van der Waals surface area contributed by atoms with E-state index in [0.29, 0.717) is 38.6 Å². The first kappa shape index (κ1) is 22.1. The van der Waals surface area contributed by atoms with Gasteiger partial charge in [-0.15, -0.1) is 0 Å². The van der Waals surface area contributed by atoms with Gasteiger partial charge in [-0.2, -0.15) is 0 Å². The average Bonchev–Trinajstić information content (AvgIpc) is 3.09. The van der Waals surface area contributed by atoms with Crippen molar-refractivity contribution < 1.29 is 9.59 Å². The lowest BCUT2D eigenvalue weighted by molar-refractivity contribution is -0.130. The molecule has 7 heteroatoms. The van der Waals surface area contributed by atoms with E-state index in [1.165, 1.54) is 38.5 Å². The van der Waals surface area contributed by atoms with Crippen molar-refractivity contribution in [1.82, 2.24) is 15.1 Å². The van der Waals surface area contributed by atoms with Crippen LogP contribution in [0, 0.1) is 5.92 Å². The molecule has 0 aromatic heterocycles. The molecule has 0 aromatic carbocycles. The first-order valence-corrected chi connectivity index (χ1v) is 10.9. The molecule has 2 aliphatic rings. The summed E-state index contributed by atoms with van der Waals surface area (Å²) < 4.78 is 0. The van der Waals surface area contributed by atoms with Crippen LogP contribution in [0.25, 0.3) is 0 Å². The average molecular weight is 382 g/mol. The molecule has 7 nitrogen and oxygen atoms in total. The van der Waals surface area contributed by atoms with Crippen molar-refractivity contribution in [3.8, 4) is 0 Å². The molecular formula is C20H39N5O2. The van der Waals surface area contributed by atoms with Crippen LogP contribution in [0.15, 0.2) is 0 Å². The van der Waals surface area contributed by atoms with E-state index in [1.54, 1.807) is 0 Å². The van der Waals surface area contributed by atoms with Gasteiger partial charge in [0.1, 0.15) is 0 Å². The number of amides is 2. The molecule has 1 unspecified atom stereocenters. The summed E-state index contributed by atoms with van der Waals surface area (Å²) in [5, 5.41) is 3.01. The van der Waals surface area contributed by atoms with Gasteiger partial charge in [-0.25, -0.2) is 0 Å². The molecular weight excluding hydrogens is 342 g/mol. The fraction of sp³-hybridized carbons (Fsp3) is 0.900. The molecule has 1 heterocycles. The first-order chi connectivity index (χ1) is 13.2. The monoisotopic (exact) mass is 381 g/mol. The Morgan fingerprint density at radius 2 is 1.59 bits per heavy atom. The van der Waals surface area contributed by atoms with Crippen LogP contribution in [-0.2, 0) is 9.59 Å². The van der Waals surface area contributed by atoms with E-state index in [0.717, 1.165) is 32.5 Å². The van der Waals surface area contributed by atoms with Gasteiger partial charge in [0.2, 0.25) is 11.8 Å². The summed E-state index contributed by atoms with van der Waals surface area (Å²) in [6, 6.07) is 0.331. The highest BCUT2D eigenvalue weighted by Crippen LogP contribution is 2.27. The van der Waals surface area contributed by atoms with E-state index in [1.807, 2.05) is 4.90 Å². The highest BCUT2D eigenvalue weighted by atomic mass is 16.2. The fourth-order valence-corrected chi connectivity index (χ4v) is 4.37. The highest BCUT2D eigenvalue weighted by molar-refractivity contribution is 5.89. The third-order valence-corrected chi connectivity index (χ3v) is 5.91. The van der Waals surface area contributed by atoms with Gasteiger partial charge < -0.3 is 21.7 Å². The SMILES string of the molecule is NCCN(CCN)CCNC(=O)C1CC(=O)N(C2CCCCCCCC2)C1. The van der Waals surface area contributed by atoms with Gasteiger partial charge in [-0.05, 0) is 12.8 Å². The lowest BCUT2D eigenvalue weighted by Gasteiger charge is -2.28. The Balaban J connectivity index is 1.78. The van der Waals surface area contributed by atoms with E-state index in [-0.39, 0.29) is 17.7 Å². The van der Waals surface area contributed by atoms with Crippen molar-refractivity contribution >= 4 is 11.8 Å². The molecule has 0 aromatic rings. The second-order valence-corrected chi connectivity index (χ2v) is 8.01. The van der Waals surface area contributed by atoms with Crippen LogP contribution in [0.2, 0.25) is 0 Å². The zero-order valence-electron chi connectivity index (χ0n) is 16.8. The second-order valence-electron chi connectivity index (χ2n) is 8.01. The Bertz CT molecular complexity index is 444. The van der Waals surface area contributed by atoms with E-state index < -0.39 is 0 Å². The summed E-state index contributed by atoms with van der Waals surface area (Å²) in [6.45, 7) is 4.64. The third kappa shape index (κ3) is 7.39. The molecule has 1 saturated carbocycles. The van der Waals surface area contributed by atoms with Crippen molar-refractivity contribution in [3.63, 3.8) is 0 Å². The molecule has 0 radical (unpaired) electrons. The number of hydrogen-bond donors (Lipinski definition) is 3. The van der Waals surface area contributed by atoms with Crippen LogP contribution < -0.4 is 16.8 Å². The van der Waals surface area contributed by atoms with Gasteiger partial charge in [0.25, 0.3) is 0 Å². The molecule has 27 heavy (non-hydrogen) atoms. The van der Waals surface area contributed by atoms with Gasteiger partial charge in [0.15, 0.2) is 0 Å². The van der Waals surface area contributed by atoms with Crippen LogP contribution in [0.3, 0.4) is 0 Å². The molecule has 0 bridgehead atoms. The highest BCUT2D eigenvalue weighted by Gasteiger charge is 2.37. The number of rotatable bonds is 9. The maximum atomic E-state index is 12.5. The van der Waals surface area contributed by atoms with Gasteiger partial charge in [-0.1, -0.05) is 38.5 Å². The first-order valence-electron chi connectivity index (χ1n) is 10.9. The van der Waals surface area contributed by atoms with E-state index in [2.05, 4.69) is 10.2 Å². The summed E-state index contributed by atoms with van der Waals surface area (Å²) in [5.74, 6) is -0.0377. The van der Waals surface area contributed by atoms with Crippen molar-refractivity contribution in [2.45, 2.75) is 63.8 Å². The van der Waals surface area contributed by atoms with Crippen LogP contribution in [0.5, 0.6) is 0 Å². The Hall–Kier alpha value is -1.18. The zero-order valence-corrected chi connectivity index (χ0v) is 16.8. The fourth-order valence-electron chi connectivity index (χ4n) is 4.37. The van der Waals surface area contributed by atoms with E-state index >= 15 is 0 Å². The second kappa shape index (κ2) is 12.3. The molecule has 1 aliphatic carbocycles. The molecule has 156 valence electrons. The van der Waals surface area contributed by atoms with Crippen molar-refractivity contribution in [1.29, 1.82) is 0 Å². The number of carbonyl (C=O) groups excluding carboxylic acids is 2. The zero-order chi connectivity index (χ0) is 19.5. The summed E-state index contributed by atoms with van der Waals surface area (Å²) in [5.41, 5.74) is 11.2. The lowest BCUT2D eigenvalue weighted by atomic mass is 10.0. The van der Waals surface area contributed by atoms with Crippen LogP contribution in [0.4, 0.5) is 0 Å². The topological polar surface area (TPSA) is 105 Å². The van der Waals surface area contributed by atoms with Crippen LogP contribution in [-0.4, -0.2) is 73.5 Å². The maximum Gasteiger partial charge on any atom is 0.225 e. The van der Waals surface area contributed by atoms with Crippen molar-refractivity contribution in [2.75, 3.05) is 45.8 Å². The number of carbonyl (C=O) groups is 2. The third-order valence-electron chi connectivity index (χ3n) is 5.91. The van der Waals surface area contributed by atoms with Crippen molar-refractivity contribution in [3.05, 3.63) is 0 Å². The Morgan fingerprint density at radius 1 is 1.00 bits per heavy atom. The Morgan fingerprint density at radius 3 is 2.19 bits per heavy atom. The van der Waals surface area contributed by atoms with Crippen molar-refractivity contribution in [2.24, 2.45) is 17.4 Å². The smallest absolute Gasteiger partial charge is 0.225 e. The molecule has 1 aliphatic heterocycles. The number of nitrogens with two attached hydrogens (primary N) is 2. The minimum atomic E-state index is -0.206. The Kier molecular flexibility index (Phi) is 10.1. The van der Waals surface area contributed by atoms with Crippen LogP contribution in [0.1, 0.15) is 57.8 Å². The van der Waals surface area contributed by atoms with E-state index in [4.69, 9.17) is 11.5 Å². The molecule has 0 spiro atoms. The molecule has 1 atom stereocenters. The summed E-state index contributed by atoms with van der Waals surface area (Å²) in [6.07, 6.45) is 10.1. The minimum absolute atomic E-state index is 0.00867. The van der Waals surface area contributed by atoms with Crippen LogP contribution >= 0.6 is 0 Å². The number of hydrogen-bond acceptors (Lipinski definition) is 5. The largest absolute Gasteiger partial charge is 0.355 e. The quantitative estimate of drug-likeness (QED) is 0.545. The van der Waals surface area contributed by atoms with E-state index in [9.17, 15) is 9.59 Å². The standard InChI is InChI=1S/C20H39N5O2/c21-9-12-24(13-10-22)14-11-23-20(27)17-15-19(26)25(16-17)18-7-5-3-1-2-4-6-8-18/h17-18H,1-16,21-22H2,(H,23,27). The number of nitrogens with zero attached hydrogens (tertiary/aromatic N) is 2. The summed E-state index contributed by atoms with van der Waals surface area (Å²) >= 11 is 0. The predicted octanol–water partition coefficient (Wildman–Crippen LogP) is 0.674. The normalized spacial score (nSPS) is 22.6. The lowest BCUT2D eigenvalue weighted by Crippen LogP contribution is -2.42. The number of likely N-dealkylation sites (tertiary alicyclic amines) is 1. The number of nitrogens with one attached hydrogen (secondary N) is 1. The Labute approximate surface area is 164 Å². The molecule has 2 rings (SSSR count). The molecule has 5 N–H and O–H groups in total. The van der Waals surface area contributed by atoms with Gasteiger partial charge >= 0.3 is 0 Å². The summed E-state index contributed by atoms with van der Waals surface area (Å²) in [4.78, 5) is 29.2. The summed E-state index contributed by atoms with van der Waals surface area (Å²) in [7, 11) is 0. The van der Waals surface area contributed by atoms with Gasteiger partial charge in [-0.3, -0.25) is 14.5 Å². The minimum Gasteiger partial charge on any atom is -0.355 e. The van der Waals surface area contributed by atoms with Gasteiger partial charge in [0.05, 0.1) is 5.92 Å². The van der Waals surface area contributed by atoms with Gasteiger partial charge in [0, 0.05) is 58.3 Å². The maximum absolute atomic E-state index is 12.5. The molecule has 2 amide bonds. The molecule has 1 saturated heterocycles. The predicted molar refractivity (Wildman–Crippen MR) is 108 cm³/mol. The molecule has 2 fully saturated rings.